The Morgan fingerprint density at radius 3 is 2.44 bits per heavy atom. The summed E-state index contributed by atoms with van der Waals surface area (Å²) in [7, 11) is -3.91. The second-order valence-corrected chi connectivity index (χ2v) is 5.20. The summed E-state index contributed by atoms with van der Waals surface area (Å²) in [4.78, 5) is 4.11. The molecule has 2 aromatic rings. The van der Waals surface area contributed by atoms with E-state index in [1.807, 2.05) is 0 Å². The highest BCUT2D eigenvalue weighted by atomic mass is 32.2. The summed E-state index contributed by atoms with van der Waals surface area (Å²) in [5.41, 5.74) is 0.621. The van der Waals surface area contributed by atoms with Crippen LogP contribution in [-0.2, 0) is 16.6 Å². The topological polar surface area (TPSA) is 117 Å². The lowest BCUT2D eigenvalue weighted by molar-refractivity contribution is 0.522. The Hall–Kier alpha value is -1.74. The number of rotatable bonds is 3. The summed E-state index contributed by atoms with van der Waals surface area (Å²) < 4.78 is 29.5. The van der Waals surface area contributed by atoms with E-state index in [1.165, 1.54) is 4.57 Å². The molecule has 9 heteroatoms. The van der Waals surface area contributed by atoms with Crippen LogP contribution in [0.4, 0.5) is 0 Å². The first-order valence-corrected chi connectivity index (χ1v) is 6.79. The number of sulfonamides is 1. The van der Waals surface area contributed by atoms with Gasteiger partial charge in [-0.3, -0.25) is 4.57 Å². The highest BCUT2D eigenvalue weighted by Gasteiger charge is 2.24. The van der Waals surface area contributed by atoms with Gasteiger partial charge in [-0.05, 0) is 13.8 Å². The summed E-state index contributed by atoms with van der Waals surface area (Å²) in [6.07, 6.45) is 0. The number of hydrogen-bond acceptors (Lipinski definition) is 6. The van der Waals surface area contributed by atoms with Crippen molar-refractivity contribution in [3.8, 4) is 11.6 Å². The molecule has 2 aromatic heterocycles. The van der Waals surface area contributed by atoms with Gasteiger partial charge in [-0.15, -0.1) is 10.2 Å². The maximum atomic E-state index is 11.4. The molecule has 0 spiro atoms. The fourth-order valence-corrected chi connectivity index (χ4v) is 2.37. The molecular formula is C9H13N5O3S. The maximum Gasteiger partial charge on any atom is 0.273 e. The molecule has 0 saturated carbocycles. The van der Waals surface area contributed by atoms with E-state index in [9.17, 15) is 8.42 Å². The van der Waals surface area contributed by atoms with Gasteiger partial charge in [-0.25, -0.2) is 18.5 Å². The molecule has 0 fully saturated rings. The van der Waals surface area contributed by atoms with Crippen LogP contribution in [0.1, 0.15) is 18.5 Å². The van der Waals surface area contributed by atoms with Crippen molar-refractivity contribution in [3.05, 3.63) is 11.6 Å². The van der Waals surface area contributed by atoms with Crippen LogP contribution in [0.25, 0.3) is 11.6 Å². The number of nitrogens with two attached hydrogens (primary N) is 1. The summed E-state index contributed by atoms with van der Waals surface area (Å²) in [5.74, 6) is 1.18. The lowest BCUT2D eigenvalue weighted by atomic mass is 10.3. The van der Waals surface area contributed by atoms with E-state index in [0.29, 0.717) is 29.7 Å². The van der Waals surface area contributed by atoms with E-state index in [0.717, 1.165) is 0 Å². The molecule has 0 aliphatic heterocycles. The zero-order chi connectivity index (χ0) is 13.5. The van der Waals surface area contributed by atoms with Crippen LogP contribution < -0.4 is 5.14 Å². The molecule has 0 saturated heterocycles. The third kappa shape index (κ3) is 2.02. The van der Waals surface area contributed by atoms with Gasteiger partial charge in [0.05, 0.1) is 5.69 Å². The molecule has 2 N–H and O–H groups in total. The van der Waals surface area contributed by atoms with Crippen molar-refractivity contribution in [2.24, 2.45) is 5.14 Å². The first-order valence-electron chi connectivity index (χ1n) is 5.25. The molecule has 0 aliphatic carbocycles. The van der Waals surface area contributed by atoms with Crippen LogP contribution in [0.3, 0.4) is 0 Å². The van der Waals surface area contributed by atoms with E-state index >= 15 is 0 Å². The van der Waals surface area contributed by atoms with Crippen molar-refractivity contribution >= 4 is 10.0 Å². The third-order valence-electron chi connectivity index (χ3n) is 2.39. The number of aromatic nitrogens is 4. The molecule has 18 heavy (non-hydrogen) atoms. The van der Waals surface area contributed by atoms with Gasteiger partial charge in [-0.2, -0.15) is 0 Å². The standard InChI is InChI=1S/C9H13N5O3S/c1-4-14-8(7-5(2)11-6(3)17-7)12-13-9(14)18(10,15)16/h4H2,1-3H3,(H2,10,15,16). The van der Waals surface area contributed by atoms with E-state index in [4.69, 9.17) is 9.56 Å². The van der Waals surface area contributed by atoms with Crippen molar-refractivity contribution in [2.75, 3.05) is 0 Å². The van der Waals surface area contributed by atoms with Crippen molar-refractivity contribution in [3.63, 3.8) is 0 Å². The van der Waals surface area contributed by atoms with Crippen LogP contribution in [-0.4, -0.2) is 28.2 Å². The number of oxazole rings is 1. The number of primary sulfonamides is 1. The number of hydrogen-bond donors (Lipinski definition) is 1. The second kappa shape index (κ2) is 4.18. The molecule has 0 radical (unpaired) electrons. The zero-order valence-electron chi connectivity index (χ0n) is 10.2. The van der Waals surface area contributed by atoms with Gasteiger partial charge in [0.1, 0.15) is 0 Å². The number of aryl methyl sites for hydroxylation is 2. The SMILES string of the molecule is CCn1c(-c2oc(C)nc2C)nnc1S(N)(=O)=O. The first-order chi connectivity index (χ1) is 8.34. The minimum atomic E-state index is -3.91. The van der Waals surface area contributed by atoms with E-state index in [2.05, 4.69) is 15.2 Å². The summed E-state index contributed by atoms with van der Waals surface area (Å²) in [6.45, 7) is 5.56. The average molecular weight is 271 g/mol. The molecule has 0 aromatic carbocycles. The van der Waals surface area contributed by atoms with E-state index < -0.39 is 10.0 Å². The Morgan fingerprint density at radius 2 is 2.00 bits per heavy atom. The largest absolute Gasteiger partial charge is 0.437 e. The van der Waals surface area contributed by atoms with Gasteiger partial charge in [-0.1, -0.05) is 0 Å². The average Bonchev–Trinajstić information content (AvgIpc) is 2.79. The highest BCUT2D eigenvalue weighted by Crippen LogP contribution is 2.24. The smallest absolute Gasteiger partial charge is 0.273 e. The van der Waals surface area contributed by atoms with Crippen molar-refractivity contribution in [1.82, 2.24) is 19.7 Å². The van der Waals surface area contributed by atoms with Gasteiger partial charge in [0, 0.05) is 13.5 Å². The summed E-state index contributed by atoms with van der Waals surface area (Å²) >= 11 is 0. The van der Waals surface area contributed by atoms with Gasteiger partial charge in [0.25, 0.3) is 15.2 Å². The quantitative estimate of drug-likeness (QED) is 0.853. The minimum absolute atomic E-state index is 0.284. The molecule has 0 aliphatic rings. The van der Waals surface area contributed by atoms with Gasteiger partial charge in [0.2, 0.25) is 5.82 Å². The lowest BCUT2D eigenvalue weighted by Crippen LogP contribution is -2.18. The lowest BCUT2D eigenvalue weighted by Gasteiger charge is -2.04. The highest BCUT2D eigenvalue weighted by molar-refractivity contribution is 7.89. The first kappa shape index (κ1) is 12.7. The van der Waals surface area contributed by atoms with Crippen molar-refractivity contribution in [1.29, 1.82) is 0 Å². The van der Waals surface area contributed by atoms with Crippen LogP contribution in [0.2, 0.25) is 0 Å². The van der Waals surface area contributed by atoms with Crippen LogP contribution in [0, 0.1) is 13.8 Å². The maximum absolute atomic E-state index is 11.4. The predicted molar refractivity (Wildman–Crippen MR) is 62.0 cm³/mol. The van der Waals surface area contributed by atoms with E-state index in [-0.39, 0.29) is 5.16 Å². The van der Waals surface area contributed by atoms with Crippen LogP contribution in [0.5, 0.6) is 0 Å². The van der Waals surface area contributed by atoms with Crippen molar-refractivity contribution < 1.29 is 12.8 Å². The van der Waals surface area contributed by atoms with Gasteiger partial charge in [0.15, 0.2) is 11.7 Å². The monoisotopic (exact) mass is 271 g/mol. The Kier molecular flexibility index (Phi) is 2.95. The molecule has 0 unspecified atom stereocenters. The second-order valence-electron chi connectivity index (χ2n) is 3.74. The zero-order valence-corrected chi connectivity index (χ0v) is 11.0. The predicted octanol–water partition coefficient (Wildman–Crippen LogP) is 0.217. The molecule has 0 amide bonds. The van der Waals surface area contributed by atoms with Crippen LogP contribution >= 0.6 is 0 Å². The molecule has 2 rings (SSSR count). The molecule has 2 heterocycles. The van der Waals surface area contributed by atoms with Gasteiger partial charge < -0.3 is 4.42 Å². The Balaban J connectivity index is 2.67. The van der Waals surface area contributed by atoms with Crippen molar-refractivity contribution in [2.45, 2.75) is 32.5 Å². The number of nitrogens with zero attached hydrogens (tertiary/aromatic N) is 4. The van der Waals surface area contributed by atoms with E-state index in [1.54, 1.807) is 20.8 Å². The summed E-state index contributed by atoms with van der Waals surface area (Å²) in [5, 5.41) is 12.2. The summed E-state index contributed by atoms with van der Waals surface area (Å²) in [6, 6.07) is 0. The molecule has 0 atom stereocenters. The fourth-order valence-electron chi connectivity index (χ4n) is 1.69. The third-order valence-corrected chi connectivity index (χ3v) is 3.21. The Bertz CT molecular complexity index is 685. The Morgan fingerprint density at radius 1 is 1.33 bits per heavy atom. The molecule has 0 bridgehead atoms. The molecular weight excluding hydrogens is 258 g/mol. The van der Waals surface area contributed by atoms with Gasteiger partial charge >= 0.3 is 0 Å². The molecule has 98 valence electrons. The van der Waals surface area contributed by atoms with Crippen LogP contribution in [0.15, 0.2) is 9.57 Å². The Labute approximate surface area is 104 Å². The minimum Gasteiger partial charge on any atom is -0.437 e. The fraction of sp³-hybridized carbons (Fsp3) is 0.444. The normalized spacial score (nSPS) is 12.0. The molecule has 8 nitrogen and oxygen atoms in total.